The Hall–Kier alpha value is -0.960. The van der Waals surface area contributed by atoms with Gasteiger partial charge in [-0.3, -0.25) is 13.9 Å². The second kappa shape index (κ2) is 7.68. The molecule has 0 bridgehead atoms. The minimum Gasteiger partial charge on any atom is -0.387 e. The highest BCUT2D eigenvalue weighted by atomic mass is 32.3. The van der Waals surface area contributed by atoms with Crippen molar-refractivity contribution < 1.29 is 27.4 Å². The molecular weight excluding hydrogens is 202 g/mol. The van der Waals surface area contributed by atoms with Crippen LogP contribution in [0, 0.1) is 0 Å². The number of aliphatic hydroxyl groups excluding tert-OH is 1. The first-order valence-corrected chi connectivity index (χ1v) is 4.39. The van der Waals surface area contributed by atoms with Gasteiger partial charge in [-0.15, -0.1) is 6.58 Å². The molecule has 0 saturated heterocycles. The van der Waals surface area contributed by atoms with Crippen LogP contribution >= 0.6 is 0 Å². The summed E-state index contributed by atoms with van der Waals surface area (Å²) in [6.45, 7) is 3.34. The molecule has 0 heterocycles. The first kappa shape index (κ1) is 14.6. The van der Waals surface area contributed by atoms with E-state index in [1.54, 1.807) is 6.08 Å². The maximum Gasteiger partial charge on any atom is 0.394 e. The Bertz CT molecular complexity index is 238. The Morgan fingerprint density at radius 1 is 1.46 bits per heavy atom. The fraction of sp³-hybridized carbons (Fsp3) is 0.400. The Labute approximate surface area is 75.7 Å². The van der Waals surface area contributed by atoms with Gasteiger partial charge in [0.1, 0.15) is 6.61 Å². The Morgan fingerprint density at radius 2 is 1.85 bits per heavy atom. The summed E-state index contributed by atoms with van der Waals surface area (Å²) in [4.78, 5) is 10.2. The summed E-state index contributed by atoms with van der Waals surface area (Å²) in [7, 11) is -4.67. The smallest absolute Gasteiger partial charge is 0.387 e. The molecule has 0 aliphatic carbocycles. The molecule has 0 rings (SSSR count). The van der Waals surface area contributed by atoms with E-state index in [-0.39, 0.29) is 5.91 Å². The van der Waals surface area contributed by atoms with Gasteiger partial charge < -0.3 is 10.4 Å². The molecular formula is C5H11NO6S. The maximum atomic E-state index is 10.2. The molecule has 0 fully saturated rings. The van der Waals surface area contributed by atoms with Crippen molar-refractivity contribution in [2.75, 3.05) is 13.2 Å². The van der Waals surface area contributed by atoms with Gasteiger partial charge >= 0.3 is 10.4 Å². The summed E-state index contributed by atoms with van der Waals surface area (Å²) in [5, 5.41) is 10.5. The molecule has 0 unspecified atom stereocenters. The molecule has 0 aliphatic heterocycles. The minimum atomic E-state index is -4.67. The standard InChI is InChI=1S/C5H9NO2.H2O4S/c1-2-3-6-5(8)4-7;1-5(2,3)4/h2,7H,1,3-4H2,(H,6,8);(H2,1,2,3,4). The highest BCUT2D eigenvalue weighted by molar-refractivity contribution is 7.79. The van der Waals surface area contributed by atoms with Crippen molar-refractivity contribution in [2.45, 2.75) is 0 Å². The molecule has 78 valence electrons. The number of hydrogen-bond acceptors (Lipinski definition) is 4. The molecule has 0 aromatic carbocycles. The van der Waals surface area contributed by atoms with Gasteiger partial charge in [0.05, 0.1) is 0 Å². The van der Waals surface area contributed by atoms with Crippen molar-refractivity contribution in [1.82, 2.24) is 5.32 Å². The third kappa shape index (κ3) is 35.5. The van der Waals surface area contributed by atoms with Crippen LogP contribution in [0.5, 0.6) is 0 Å². The van der Waals surface area contributed by atoms with Crippen molar-refractivity contribution in [3.63, 3.8) is 0 Å². The van der Waals surface area contributed by atoms with Crippen LogP contribution in [-0.2, 0) is 15.2 Å². The quantitative estimate of drug-likeness (QED) is 0.338. The third-order valence-electron chi connectivity index (χ3n) is 0.587. The van der Waals surface area contributed by atoms with Gasteiger partial charge in [-0.1, -0.05) is 6.08 Å². The van der Waals surface area contributed by atoms with Gasteiger partial charge in [0, 0.05) is 6.54 Å². The van der Waals surface area contributed by atoms with Crippen LogP contribution in [0.1, 0.15) is 0 Å². The largest absolute Gasteiger partial charge is 0.394 e. The molecule has 0 radical (unpaired) electrons. The van der Waals surface area contributed by atoms with Crippen LogP contribution in [0.3, 0.4) is 0 Å². The molecule has 0 aromatic rings. The van der Waals surface area contributed by atoms with E-state index in [2.05, 4.69) is 11.9 Å². The number of rotatable bonds is 3. The Morgan fingerprint density at radius 3 is 2.08 bits per heavy atom. The lowest BCUT2D eigenvalue weighted by molar-refractivity contribution is -0.123. The summed E-state index contributed by atoms with van der Waals surface area (Å²) in [5.74, 6) is -0.370. The predicted octanol–water partition coefficient (Wildman–Crippen LogP) is -1.37. The van der Waals surface area contributed by atoms with Crippen LogP contribution in [-0.4, -0.2) is 41.7 Å². The van der Waals surface area contributed by atoms with Gasteiger partial charge in [0.2, 0.25) is 5.91 Å². The van der Waals surface area contributed by atoms with E-state index in [1.807, 2.05) is 0 Å². The number of nitrogens with one attached hydrogen (secondary N) is 1. The van der Waals surface area contributed by atoms with Crippen molar-refractivity contribution >= 4 is 16.3 Å². The van der Waals surface area contributed by atoms with Gasteiger partial charge in [0.25, 0.3) is 0 Å². The first-order valence-electron chi connectivity index (χ1n) is 2.99. The van der Waals surface area contributed by atoms with Gasteiger partial charge in [-0.25, -0.2) is 0 Å². The van der Waals surface area contributed by atoms with E-state index in [9.17, 15) is 4.79 Å². The zero-order valence-corrected chi connectivity index (χ0v) is 7.49. The van der Waals surface area contributed by atoms with Crippen molar-refractivity contribution in [1.29, 1.82) is 0 Å². The molecule has 0 aliphatic rings. The zero-order chi connectivity index (χ0) is 10.9. The summed E-state index contributed by atoms with van der Waals surface area (Å²) < 4.78 is 31.6. The van der Waals surface area contributed by atoms with Crippen molar-refractivity contribution in [3.8, 4) is 0 Å². The molecule has 0 saturated carbocycles. The van der Waals surface area contributed by atoms with E-state index in [4.69, 9.17) is 22.6 Å². The maximum absolute atomic E-state index is 10.2. The minimum absolute atomic E-state index is 0.370. The average molecular weight is 213 g/mol. The highest BCUT2D eigenvalue weighted by Gasteiger charge is 1.90. The van der Waals surface area contributed by atoms with Crippen LogP contribution in [0.4, 0.5) is 0 Å². The monoisotopic (exact) mass is 213 g/mol. The molecule has 13 heavy (non-hydrogen) atoms. The number of carbonyl (C=O) groups excluding carboxylic acids is 1. The summed E-state index contributed by atoms with van der Waals surface area (Å²) in [6, 6.07) is 0. The first-order chi connectivity index (χ1) is 5.81. The van der Waals surface area contributed by atoms with Crippen molar-refractivity contribution in [3.05, 3.63) is 12.7 Å². The third-order valence-corrected chi connectivity index (χ3v) is 0.587. The lowest BCUT2D eigenvalue weighted by Gasteiger charge is -1.94. The molecule has 7 nitrogen and oxygen atoms in total. The van der Waals surface area contributed by atoms with Crippen LogP contribution in [0.2, 0.25) is 0 Å². The predicted molar refractivity (Wildman–Crippen MR) is 44.5 cm³/mol. The van der Waals surface area contributed by atoms with Crippen molar-refractivity contribution in [2.24, 2.45) is 0 Å². The molecule has 8 heteroatoms. The van der Waals surface area contributed by atoms with E-state index in [1.165, 1.54) is 0 Å². The second-order valence-corrected chi connectivity index (χ2v) is 2.59. The lowest BCUT2D eigenvalue weighted by atomic mass is 10.5. The summed E-state index contributed by atoms with van der Waals surface area (Å²) in [5.41, 5.74) is 0. The average Bonchev–Trinajstić information content (AvgIpc) is 1.97. The van der Waals surface area contributed by atoms with E-state index >= 15 is 0 Å². The van der Waals surface area contributed by atoms with Gasteiger partial charge in [-0.05, 0) is 0 Å². The Kier molecular flexibility index (Phi) is 8.60. The topological polar surface area (TPSA) is 124 Å². The number of aliphatic hydroxyl groups is 1. The number of amides is 1. The van der Waals surface area contributed by atoms with E-state index in [0.717, 1.165) is 0 Å². The van der Waals surface area contributed by atoms with E-state index in [0.29, 0.717) is 6.54 Å². The van der Waals surface area contributed by atoms with Crippen LogP contribution in [0.15, 0.2) is 12.7 Å². The molecule has 4 N–H and O–H groups in total. The Balaban J connectivity index is 0. The fourth-order valence-corrected chi connectivity index (χ4v) is 0.242. The fourth-order valence-electron chi connectivity index (χ4n) is 0.242. The molecule has 0 aromatic heterocycles. The molecule has 1 amide bonds. The molecule has 0 atom stereocenters. The molecule has 0 spiro atoms. The second-order valence-electron chi connectivity index (χ2n) is 1.70. The van der Waals surface area contributed by atoms with Crippen LogP contribution < -0.4 is 5.32 Å². The van der Waals surface area contributed by atoms with Gasteiger partial charge in [0.15, 0.2) is 0 Å². The summed E-state index contributed by atoms with van der Waals surface area (Å²) >= 11 is 0. The lowest BCUT2D eigenvalue weighted by Crippen LogP contribution is -2.25. The van der Waals surface area contributed by atoms with Crippen LogP contribution in [0.25, 0.3) is 0 Å². The summed E-state index contributed by atoms with van der Waals surface area (Å²) in [6.07, 6.45) is 1.55. The number of carbonyl (C=O) groups is 1. The zero-order valence-electron chi connectivity index (χ0n) is 6.67. The number of hydrogen-bond donors (Lipinski definition) is 4. The highest BCUT2D eigenvalue weighted by Crippen LogP contribution is 1.61. The SMILES string of the molecule is C=CCNC(=O)CO.O=S(=O)(O)O. The normalized spacial score (nSPS) is 9.46. The van der Waals surface area contributed by atoms with E-state index < -0.39 is 17.0 Å². The van der Waals surface area contributed by atoms with Gasteiger partial charge in [-0.2, -0.15) is 8.42 Å².